The van der Waals surface area contributed by atoms with E-state index in [0.717, 1.165) is 21.7 Å². The van der Waals surface area contributed by atoms with Crippen LogP contribution >= 0.6 is 23.1 Å². The first-order chi connectivity index (χ1) is 12.4. The fraction of sp³-hybridized carbons (Fsp3) is 0.611. The number of hydrogen-bond donors (Lipinski definition) is 1. The van der Waals surface area contributed by atoms with Crippen LogP contribution in [0.1, 0.15) is 37.6 Å². The molecule has 0 aromatic carbocycles. The van der Waals surface area contributed by atoms with Crippen molar-refractivity contribution in [1.29, 1.82) is 0 Å². The van der Waals surface area contributed by atoms with Crippen molar-refractivity contribution in [2.24, 2.45) is 0 Å². The van der Waals surface area contributed by atoms with Gasteiger partial charge in [-0.05, 0) is 46.6 Å². The summed E-state index contributed by atoms with van der Waals surface area (Å²) in [5.74, 6) is -0.0537. The molecule has 26 heavy (non-hydrogen) atoms. The summed E-state index contributed by atoms with van der Waals surface area (Å²) >= 11 is 2.86. The monoisotopic (exact) mass is 397 g/mol. The largest absolute Gasteiger partial charge is 0.382 e. The van der Waals surface area contributed by atoms with Crippen LogP contribution in [-0.4, -0.2) is 40.5 Å². The van der Waals surface area contributed by atoms with Crippen LogP contribution in [0.15, 0.2) is 9.95 Å². The predicted molar refractivity (Wildman–Crippen MR) is 108 cm³/mol. The van der Waals surface area contributed by atoms with Crippen molar-refractivity contribution in [2.45, 2.75) is 58.0 Å². The van der Waals surface area contributed by atoms with Gasteiger partial charge in [0.15, 0.2) is 5.16 Å². The second-order valence-corrected chi connectivity index (χ2v) is 8.52. The Bertz CT molecular complexity index is 829. The van der Waals surface area contributed by atoms with Gasteiger partial charge in [-0.3, -0.25) is 14.2 Å². The minimum absolute atomic E-state index is 0.0221. The van der Waals surface area contributed by atoms with Crippen molar-refractivity contribution in [3.05, 3.63) is 20.8 Å². The average molecular weight is 398 g/mol. The number of amides is 1. The standard InChI is InChI=1S/C18H27N3O3S2/c1-6-21-17(23)14-11(3)12(4)25-16(14)20-18(21)26-13(5)15(22)19-9-8-10-24-7-2/h13H,6-10H2,1-5H3,(H,19,22). The maximum atomic E-state index is 12.8. The molecule has 0 spiro atoms. The van der Waals surface area contributed by atoms with Crippen LogP contribution in [0.3, 0.4) is 0 Å². The third kappa shape index (κ3) is 4.66. The minimum Gasteiger partial charge on any atom is -0.382 e. The summed E-state index contributed by atoms with van der Waals surface area (Å²) in [6.45, 7) is 12.1. The first kappa shape index (κ1) is 20.9. The second-order valence-electron chi connectivity index (χ2n) is 6.01. The molecule has 6 nitrogen and oxygen atoms in total. The molecule has 1 N–H and O–H groups in total. The van der Waals surface area contributed by atoms with Gasteiger partial charge in [0, 0.05) is 31.2 Å². The summed E-state index contributed by atoms with van der Waals surface area (Å²) in [7, 11) is 0. The Kier molecular flexibility index (Phi) is 7.67. The Hall–Kier alpha value is -1.38. The molecule has 0 aliphatic rings. The minimum atomic E-state index is -0.327. The molecule has 8 heteroatoms. The van der Waals surface area contributed by atoms with Gasteiger partial charge in [-0.25, -0.2) is 4.98 Å². The van der Waals surface area contributed by atoms with Crippen LogP contribution in [0.5, 0.6) is 0 Å². The highest BCUT2D eigenvalue weighted by Crippen LogP contribution is 2.29. The average Bonchev–Trinajstić information content (AvgIpc) is 2.89. The second kappa shape index (κ2) is 9.53. The van der Waals surface area contributed by atoms with E-state index in [1.165, 1.54) is 23.1 Å². The van der Waals surface area contributed by atoms with Gasteiger partial charge >= 0.3 is 0 Å². The summed E-state index contributed by atoms with van der Waals surface area (Å²) in [5, 5.41) is 3.89. The number of nitrogens with zero attached hydrogens (tertiary/aromatic N) is 2. The molecular weight excluding hydrogens is 370 g/mol. The lowest BCUT2D eigenvalue weighted by molar-refractivity contribution is -0.120. The quantitative estimate of drug-likeness (QED) is 0.400. The number of nitrogens with one attached hydrogen (secondary N) is 1. The highest BCUT2D eigenvalue weighted by atomic mass is 32.2. The lowest BCUT2D eigenvalue weighted by Crippen LogP contribution is -2.33. The molecule has 1 atom stereocenters. The lowest BCUT2D eigenvalue weighted by atomic mass is 10.2. The van der Waals surface area contributed by atoms with Gasteiger partial charge in [0.25, 0.3) is 5.56 Å². The van der Waals surface area contributed by atoms with Crippen molar-refractivity contribution in [3.8, 4) is 0 Å². The Morgan fingerprint density at radius 2 is 2.12 bits per heavy atom. The molecule has 144 valence electrons. The molecular formula is C18H27N3O3S2. The number of hydrogen-bond acceptors (Lipinski definition) is 6. The van der Waals surface area contributed by atoms with Gasteiger partial charge in [0.1, 0.15) is 4.83 Å². The van der Waals surface area contributed by atoms with E-state index in [2.05, 4.69) is 10.3 Å². The third-order valence-electron chi connectivity index (χ3n) is 4.19. The van der Waals surface area contributed by atoms with Crippen molar-refractivity contribution < 1.29 is 9.53 Å². The maximum Gasteiger partial charge on any atom is 0.263 e. The Balaban J connectivity index is 2.14. The zero-order valence-electron chi connectivity index (χ0n) is 16.0. The van der Waals surface area contributed by atoms with E-state index in [1.807, 2.05) is 34.6 Å². The summed E-state index contributed by atoms with van der Waals surface area (Å²) in [5.41, 5.74) is 0.979. The van der Waals surface area contributed by atoms with Gasteiger partial charge in [-0.1, -0.05) is 11.8 Å². The predicted octanol–water partition coefficient (Wildman–Crippen LogP) is 3.12. The molecule has 0 fully saturated rings. The number of rotatable bonds is 9. The number of thioether (sulfide) groups is 1. The number of aryl methyl sites for hydroxylation is 2. The van der Waals surface area contributed by atoms with Crippen molar-refractivity contribution >= 4 is 39.2 Å². The van der Waals surface area contributed by atoms with E-state index >= 15 is 0 Å². The number of carbonyl (C=O) groups is 1. The zero-order chi connectivity index (χ0) is 19.3. The van der Waals surface area contributed by atoms with Crippen LogP contribution in [0.4, 0.5) is 0 Å². The van der Waals surface area contributed by atoms with E-state index in [4.69, 9.17) is 4.74 Å². The van der Waals surface area contributed by atoms with Gasteiger partial charge in [0.2, 0.25) is 5.91 Å². The van der Waals surface area contributed by atoms with E-state index in [9.17, 15) is 9.59 Å². The molecule has 0 aliphatic carbocycles. The summed E-state index contributed by atoms with van der Waals surface area (Å²) in [4.78, 5) is 31.7. The summed E-state index contributed by atoms with van der Waals surface area (Å²) in [6, 6.07) is 0. The normalized spacial score (nSPS) is 12.5. The molecule has 0 saturated carbocycles. The van der Waals surface area contributed by atoms with Crippen LogP contribution in [0, 0.1) is 13.8 Å². The van der Waals surface area contributed by atoms with Crippen molar-refractivity contribution in [3.63, 3.8) is 0 Å². The molecule has 0 bridgehead atoms. The van der Waals surface area contributed by atoms with Crippen LogP contribution in [0.25, 0.3) is 10.2 Å². The Morgan fingerprint density at radius 1 is 1.38 bits per heavy atom. The molecule has 2 rings (SSSR count). The zero-order valence-corrected chi connectivity index (χ0v) is 17.7. The molecule has 1 amide bonds. The molecule has 0 saturated heterocycles. The van der Waals surface area contributed by atoms with E-state index in [1.54, 1.807) is 4.57 Å². The first-order valence-corrected chi connectivity index (χ1v) is 10.6. The number of carbonyl (C=O) groups excluding carboxylic acids is 1. The Morgan fingerprint density at radius 3 is 2.77 bits per heavy atom. The fourth-order valence-electron chi connectivity index (χ4n) is 2.56. The van der Waals surface area contributed by atoms with Gasteiger partial charge in [-0.15, -0.1) is 11.3 Å². The lowest BCUT2D eigenvalue weighted by Gasteiger charge is -2.14. The van der Waals surface area contributed by atoms with Crippen molar-refractivity contribution in [1.82, 2.24) is 14.9 Å². The molecule has 0 aliphatic heterocycles. The van der Waals surface area contributed by atoms with Gasteiger partial charge in [0.05, 0.1) is 10.6 Å². The number of ether oxygens (including phenoxy) is 1. The first-order valence-electron chi connectivity index (χ1n) is 8.93. The van der Waals surface area contributed by atoms with E-state index < -0.39 is 0 Å². The highest BCUT2D eigenvalue weighted by molar-refractivity contribution is 8.00. The van der Waals surface area contributed by atoms with Gasteiger partial charge < -0.3 is 10.1 Å². The highest BCUT2D eigenvalue weighted by Gasteiger charge is 2.20. The molecule has 2 aromatic rings. The fourth-order valence-corrected chi connectivity index (χ4v) is 4.63. The SMILES string of the molecule is CCOCCCNC(=O)C(C)Sc1nc2sc(C)c(C)c2c(=O)n1CC. The van der Waals surface area contributed by atoms with Crippen LogP contribution in [-0.2, 0) is 16.1 Å². The molecule has 2 aromatic heterocycles. The smallest absolute Gasteiger partial charge is 0.263 e. The summed E-state index contributed by atoms with van der Waals surface area (Å²) in [6.07, 6.45) is 0.786. The number of aromatic nitrogens is 2. The van der Waals surface area contributed by atoms with E-state index in [0.29, 0.717) is 36.8 Å². The Labute approximate surface area is 162 Å². The van der Waals surface area contributed by atoms with Gasteiger partial charge in [-0.2, -0.15) is 0 Å². The molecule has 0 radical (unpaired) electrons. The third-order valence-corrected chi connectivity index (χ3v) is 6.38. The molecule has 2 heterocycles. The van der Waals surface area contributed by atoms with Crippen LogP contribution < -0.4 is 10.9 Å². The number of thiophene rings is 1. The van der Waals surface area contributed by atoms with E-state index in [-0.39, 0.29) is 16.7 Å². The van der Waals surface area contributed by atoms with Crippen LogP contribution in [0.2, 0.25) is 0 Å². The van der Waals surface area contributed by atoms with Crippen molar-refractivity contribution in [2.75, 3.05) is 19.8 Å². The summed E-state index contributed by atoms with van der Waals surface area (Å²) < 4.78 is 6.92. The molecule has 1 unspecified atom stereocenters. The topological polar surface area (TPSA) is 73.2 Å². The number of fused-ring (bicyclic) bond motifs is 1. The maximum absolute atomic E-state index is 12.8.